The third-order valence-corrected chi connectivity index (χ3v) is 6.07. The Morgan fingerprint density at radius 1 is 1.15 bits per heavy atom. The third kappa shape index (κ3) is 2.76. The molecule has 3 heterocycles. The van der Waals surface area contributed by atoms with Gasteiger partial charge in [0.1, 0.15) is 0 Å². The molecule has 3 heteroatoms. The summed E-state index contributed by atoms with van der Waals surface area (Å²) in [6.45, 7) is 6.09. The maximum atomic E-state index is 5.78. The van der Waals surface area contributed by atoms with Crippen LogP contribution in [0.4, 0.5) is 0 Å². The molecule has 2 atom stereocenters. The van der Waals surface area contributed by atoms with Gasteiger partial charge in [0.15, 0.2) is 0 Å². The number of nitrogens with zero attached hydrogens (tertiary/aromatic N) is 1. The zero-order valence-corrected chi connectivity index (χ0v) is 15.4. The second kappa shape index (κ2) is 6.57. The second-order valence-electron chi connectivity index (χ2n) is 7.84. The summed E-state index contributed by atoms with van der Waals surface area (Å²) in [5, 5.41) is 1.42. The van der Waals surface area contributed by atoms with Gasteiger partial charge in [0.25, 0.3) is 0 Å². The molecule has 1 N–H and O–H groups in total. The number of aryl methyl sites for hydroxylation is 1. The normalized spacial score (nSPS) is 23.4. The van der Waals surface area contributed by atoms with Gasteiger partial charge < -0.3 is 9.72 Å². The topological polar surface area (TPSA) is 28.3 Å². The molecule has 1 fully saturated rings. The van der Waals surface area contributed by atoms with Gasteiger partial charge in [-0.25, -0.2) is 0 Å². The minimum absolute atomic E-state index is 0.425. The fraction of sp³-hybridized carbons (Fsp3) is 0.391. The minimum Gasteiger partial charge on any atom is -0.381 e. The van der Waals surface area contributed by atoms with Gasteiger partial charge in [-0.3, -0.25) is 4.90 Å². The lowest BCUT2D eigenvalue weighted by molar-refractivity contribution is 0.102. The van der Waals surface area contributed by atoms with Crippen LogP contribution < -0.4 is 0 Å². The number of aromatic nitrogens is 1. The van der Waals surface area contributed by atoms with Crippen LogP contribution in [0.5, 0.6) is 0 Å². The molecule has 134 valence electrons. The minimum atomic E-state index is 0.425. The molecule has 0 saturated carbocycles. The summed E-state index contributed by atoms with van der Waals surface area (Å²) in [4.78, 5) is 6.45. The van der Waals surface area contributed by atoms with E-state index in [-0.39, 0.29) is 0 Å². The van der Waals surface area contributed by atoms with Crippen molar-refractivity contribution in [2.45, 2.75) is 32.4 Å². The van der Waals surface area contributed by atoms with Crippen molar-refractivity contribution in [3.63, 3.8) is 0 Å². The number of nitrogens with one attached hydrogen (secondary N) is 1. The average molecular weight is 346 g/mol. The van der Waals surface area contributed by atoms with Crippen LogP contribution in [0.1, 0.15) is 34.8 Å². The van der Waals surface area contributed by atoms with E-state index < -0.39 is 0 Å². The third-order valence-electron chi connectivity index (χ3n) is 6.07. The number of aromatic amines is 1. The van der Waals surface area contributed by atoms with Gasteiger partial charge in [0.2, 0.25) is 0 Å². The van der Waals surface area contributed by atoms with Crippen LogP contribution >= 0.6 is 0 Å². The van der Waals surface area contributed by atoms with Crippen LogP contribution in [-0.2, 0) is 17.7 Å². The maximum Gasteiger partial charge on any atom is 0.0556 e. The van der Waals surface area contributed by atoms with Crippen LogP contribution in [0, 0.1) is 12.8 Å². The molecular formula is C23H26N2O. The molecular weight excluding hydrogens is 320 g/mol. The number of benzene rings is 2. The average Bonchev–Trinajstić information content (AvgIpc) is 3.30. The van der Waals surface area contributed by atoms with Gasteiger partial charge in [-0.05, 0) is 43.0 Å². The molecule has 1 saturated heterocycles. The Hall–Kier alpha value is -2.10. The molecule has 3 aromatic rings. The first-order chi connectivity index (χ1) is 12.8. The standard InChI is InChI=1S/C23H26N2O/c1-16-7-8-21-20(13-16)19-9-11-25(14-17-5-3-2-4-6-17)23(22(19)24-21)18-10-12-26-15-18/h2-8,13,18,23-24H,9-12,14-15H2,1H3. The molecule has 2 aromatic carbocycles. The Balaban J connectivity index is 1.57. The van der Waals surface area contributed by atoms with Crippen molar-refractivity contribution in [2.24, 2.45) is 5.92 Å². The maximum absolute atomic E-state index is 5.78. The predicted molar refractivity (Wildman–Crippen MR) is 105 cm³/mol. The molecule has 5 rings (SSSR count). The smallest absolute Gasteiger partial charge is 0.0556 e. The number of rotatable bonds is 3. The Morgan fingerprint density at radius 3 is 2.85 bits per heavy atom. The zero-order chi connectivity index (χ0) is 17.5. The Labute approximate surface area is 155 Å². The highest BCUT2D eigenvalue weighted by Gasteiger charge is 2.37. The monoisotopic (exact) mass is 346 g/mol. The van der Waals surface area contributed by atoms with E-state index in [1.165, 1.54) is 33.3 Å². The lowest BCUT2D eigenvalue weighted by Crippen LogP contribution is -2.39. The van der Waals surface area contributed by atoms with Gasteiger partial charge in [-0.1, -0.05) is 42.0 Å². The van der Waals surface area contributed by atoms with Gasteiger partial charge in [0.05, 0.1) is 12.6 Å². The first-order valence-electron chi connectivity index (χ1n) is 9.76. The number of hydrogen-bond acceptors (Lipinski definition) is 2. The number of hydrogen-bond donors (Lipinski definition) is 1. The van der Waals surface area contributed by atoms with Crippen molar-refractivity contribution < 1.29 is 4.74 Å². The molecule has 0 bridgehead atoms. The van der Waals surface area contributed by atoms with Crippen LogP contribution in [0.3, 0.4) is 0 Å². The molecule has 2 unspecified atom stereocenters. The van der Waals surface area contributed by atoms with E-state index in [4.69, 9.17) is 4.74 Å². The van der Waals surface area contributed by atoms with Gasteiger partial charge in [-0.15, -0.1) is 0 Å². The molecule has 26 heavy (non-hydrogen) atoms. The molecule has 0 spiro atoms. The summed E-state index contributed by atoms with van der Waals surface area (Å²) in [6.07, 6.45) is 2.28. The summed E-state index contributed by atoms with van der Waals surface area (Å²) in [6, 6.07) is 18.1. The van der Waals surface area contributed by atoms with Gasteiger partial charge in [0, 0.05) is 42.2 Å². The summed E-state index contributed by atoms with van der Waals surface area (Å²) < 4.78 is 5.78. The zero-order valence-electron chi connectivity index (χ0n) is 15.4. The predicted octanol–water partition coefficient (Wildman–Crippen LogP) is 4.61. The quantitative estimate of drug-likeness (QED) is 0.750. The summed E-state index contributed by atoms with van der Waals surface area (Å²) in [5.41, 5.74) is 6.98. The number of ether oxygens (including phenoxy) is 1. The SMILES string of the molecule is Cc1ccc2[nH]c3c(c2c1)CCN(Cc1ccccc1)C3C1CCOC1. The Morgan fingerprint density at radius 2 is 2.04 bits per heavy atom. The molecule has 2 aliphatic heterocycles. The van der Waals surface area contributed by atoms with E-state index >= 15 is 0 Å². The molecule has 0 amide bonds. The van der Waals surface area contributed by atoms with Crippen molar-refractivity contribution in [1.82, 2.24) is 9.88 Å². The first kappa shape index (κ1) is 16.1. The lowest BCUT2D eigenvalue weighted by atomic mass is 9.87. The van der Waals surface area contributed by atoms with Crippen molar-refractivity contribution >= 4 is 10.9 Å². The van der Waals surface area contributed by atoms with E-state index in [0.29, 0.717) is 12.0 Å². The highest BCUT2D eigenvalue weighted by Crippen LogP contribution is 2.41. The molecule has 0 radical (unpaired) electrons. The molecule has 0 aliphatic carbocycles. The van der Waals surface area contributed by atoms with Crippen molar-refractivity contribution in [3.05, 3.63) is 70.9 Å². The first-order valence-corrected chi connectivity index (χ1v) is 9.76. The largest absolute Gasteiger partial charge is 0.381 e. The number of H-pyrrole nitrogens is 1. The fourth-order valence-electron chi connectivity index (χ4n) is 4.81. The van der Waals surface area contributed by atoms with Crippen LogP contribution in [0.2, 0.25) is 0 Å². The fourth-order valence-corrected chi connectivity index (χ4v) is 4.81. The van der Waals surface area contributed by atoms with Crippen LogP contribution in [0.15, 0.2) is 48.5 Å². The Bertz CT molecular complexity index is 909. The second-order valence-corrected chi connectivity index (χ2v) is 7.84. The lowest BCUT2D eigenvalue weighted by Gasteiger charge is -2.39. The van der Waals surface area contributed by atoms with E-state index in [1.54, 1.807) is 0 Å². The van der Waals surface area contributed by atoms with Crippen molar-refractivity contribution in [2.75, 3.05) is 19.8 Å². The van der Waals surface area contributed by atoms with Crippen molar-refractivity contribution in [1.29, 1.82) is 0 Å². The van der Waals surface area contributed by atoms with E-state index in [1.807, 2.05) is 0 Å². The highest BCUT2D eigenvalue weighted by molar-refractivity contribution is 5.85. The summed E-state index contributed by atoms with van der Waals surface area (Å²) >= 11 is 0. The van der Waals surface area contributed by atoms with Crippen molar-refractivity contribution in [3.8, 4) is 0 Å². The van der Waals surface area contributed by atoms with Crippen LogP contribution in [0.25, 0.3) is 10.9 Å². The van der Waals surface area contributed by atoms with Gasteiger partial charge in [-0.2, -0.15) is 0 Å². The van der Waals surface area contributed by atoms with E-state index in [9.17, 15) is 0 Å². The molecule has 1 aromatic heterocycles. The highest BCUT2D eigenvalue weighted by atomic mass is 16.5. The number of fused-ring (bicyclic) bond motifs is 3. The Kier molecular flexibility index (Phi) is 4.07. The summed E-state index contributed by atoms with van der Waals surface area (Å²) in [5.74, 6) is 0.576. The van der Waals surface area contributed by atoms with E-state index in [2.05, 4.69) is 65.3 Å². The van der Waals surface area contributed by atoms with Gasteiger partial charge >= 0.3 is 0 Å². The molecule has 2 aliphatic rings. The van der Waals surface area contributed by atoms with Crippen LogP contribution in [-0.4, -0.2) is 29.6 Å². The summed E-state index contributed by atoms with van der Waals surface area (Å²) in [7, 11) is 0. The molecule has 3 nitrogen and oxygen atoms in total. The van der Waals surface area contributed by atoms with E-state index in [0.717, 1.165) is 39.1 Å².